The van der Waals surface area contributed by atoms with E-state index in [4.69, 9.17) is 14.0 Å². The molecular formula is C12H29NO2Si3. The maximum absolute atomic E-state index is 6.15. The van der Waals surface area contributed by atoms with Gasteiger partial charge in [0.25, 0.3) is 0 Å². The van der Waals surface area contributed by atoms with Gasteiger partial charge in [-0.3, -0.25) is 0 Å². The molecule has 0 unspecified atom stereocenters. The van der Waals surface area contributed by atoms with Crippen LogP contribution in [0, 0.1) is 0 Å². The molecule has 0 aliphatic carbocycles. The second kappa shape index (κ2) is 9.88. The summed E-state index contributed by atoms with van der Waals surface area (Å²) in [6.07, 6.45) is 1.01. The second-order valence-corrected chi connectivity index (χ2v) is 11.8. The SMILES string of the molecule is CC(C)=C[SiH2]O[Si](C)(CCCN)O[SiH2]C=C(C)C. The molecule has 0 spiro atoms. The van der Waals surface area contributed by atoms with Crippen molar-refractivity contribution in [2.24, 2.45) is 5.73 Å². The molecule has 0 aromatic heterocycles. The highest BCUT2D eigenvalue weighted by molar-refractivity contribution is 6.75. The van der Waals surface area contributed by atoms with Gasteiger partial charge >= 0.3 is 8.56 Å². The molecule has 0 fully saturated rings. The van der Waals surface area contributed by atoms with Crippen molar-refractivity contribution in [1.82, 2.24) is 0 Å². The molecular weight excluding hydrogens is 274 g/mol. The smallest absolute Gasteiger partial charge is 0.314 e. The van der Waals surface area contributed by atoms with Gasteiger partial charge in [-0.25, -0.2) is 0 Å². The van der Waals surface area contributed by atoms with Gasteiger partial charge in [-0.1, -0.05) is 22.5 Å². The summed E-state index contributed by atoms with van der Waals surface area (Å²) in [5, 5.41) is 0. The van der Waals surface area contributed by atoms with Crippen LogP contribution in [0.15, 0.2) is 22.5 Å². The normalized spacial score (nSPS) is 15.2. The molecule has 0 atom stereocenters. The molecule has 106 valence electrons. The summed E-state index contributed by atoms with van der Waals surface area (Å²) in [5.74, 6) is 0. The van der Waals surface area contributed by atoms with Crippen molar-refractivity contribution in [1.29, 1.82) is 0 Å². The van der Waals surface area contributed by atoms with Crippen LogP contribution in [0.25, 0.3) is 0 Å². The third kappa shape index (κ3) is 9.98. The summed E-state index contributed by atoms with van der Waals surface area (Å²) in [5.41, 5.74) is 12.8. The van der Waals surface area contributed by atoms with Gasteiger partial charge in [0, 0.05) is 0 Å². The summed E-state index contributed by atoms with van der Waals surface area (Å²) in [7, 11) is -3.11. The Hall–Kier alpha value is 0.0106. The van der Waals surface area contributed by atoms with Gasteiger partial charge in [-0.05, 0) is 53.3 Å². The molecule has 0 rings (SSSR count). The van der Waals surface area contributed by atoms with E-state index in [-0.39, 0.29) is 0 Å². The first-order valence-corrected chi connectivity index (χ1v) is 12.0. The summed E-state index contributed by atoms with van der Waals surface area (Å²) in [6.45, 7) is 11.4. The van der Waals surface area contributed by atoms with E-state index in [2.05, 4.69) is 45.6 Å². The number of allylic oxidation sites excluding steroid dienone is 2. The predicted octanol–water partition coefficient (Wildman–Crippen LogP) is 1.46. The van der Waals surface area contributed by atoms with E-state index in [0.717, 1.165) is 19.0 Å². The largest absolute Gasteiger partial charge is 0.438 e. The summed E-state index contributed by atoms with van der Waals surface area (Å²) in [6, 6.07) is 1.02. The quantitative estimate of drug-likeness (QED) is 0.656. The van der Waals surface area contributed by atoms with E-state index in [1.807, 2.05) is 0 Å². The number of rotatable bonds is 9. The molecule has 0 radical (unpaired) electrons. The third-order valence-corrected chi connectivity index (χ3v) is 12.0. The number of hydrogen-bond donors (Lipinski definition) is 1. The minimum atomic E-state index is -1.95. The van der Waals surface area contributed by atoms with E-state index >= 15 is 0 Å². The lowest BCUT2D eigenvalue weighted by Crippen LogP contribution is -2.41. The highest BCUT2D eigenvalue weighted by atomic mass is 28.4. The van der Waals surface area contributed by atoms with Gasteiger partial charge in [0.05, 0.1) is 0 Å². The fraction of sp³-hybridized carbons (Fsp3) is 0.667. The topological polar surface area (TPSA) is 44.5 Å². The van der Waals surface area contributed by atoms with E-state index in [9.17, 15) is 0 Å². The Morgan fingerprint density at radius 3 is 1.83 bits per heavy atom. The highest BCUT2D eigenvalue weighted by Crippen LogP contribution is 2.15. The predicted molar refractivity (Wildman–Crippen MR) is 88.2 cm³/mol. The third-order valence-electron chi connectivity index (χ3n) is 2.60. The van der Waals surface area contributed by atoms with E-state index in [0.29, 0.717) is 0 Å². The van der Waals surface area contributed by atoms with E-state index in [1.165, 1.54) is 11.1 Å². The molecule has 2 N–H and O–H groups in total. The Kier molecular flexibility index (Phi) is 9.88. The first-order valence-electron chi connectivity index (χ1n) is 6.64. The molecule has 0 aromatic carbocycles. The first-order chi connectivity index (χ1) is 8.39. The zero-order chi connectivity index (χ0) is 14.0. The van der Waals surface area contributed by atoms with Crippen LogP contribution < -0.4 is 5.73 Å². The van der Waals surface area contributed by atoms with Crippen LogP contribution >= 0.6 is 0 Å². The van der Waals surface area contributed by atoms with Gasteiger partial charge in [0.15, 0.2) is 19.5 Å². The van der Waals surface area contributed by atoms with Gasteiger partial charge in [-0.2, -0.15) is 0 Å². The maximum Gasteiger partial charge on any atom is 0.314 e. The molecule has 0 bridgehead atoms. The minimum absolute atomic E-state index is 0.580. The lowest BCUT2D eigenvalue weighted by molar-refractivity contribution is 0.419. The van der Waals surface area contributed by atoms with Crippen LogP contribution in [0.4, 0.5) is 0 Å². The molecule has 6 heteroatoms. The molecule has 0 aliphatic heterocycles. The maximum atomic E-state index is 6.15. The van der Waals surface area contributed by atoms with Gasteiger partial charge in [-0.15, -0.1) is 0 Å². The highest BCUT2D eigenvalue weighted by Gasteiger charge is 2.29. The molecule has 0 aromatic rings. The number of nitrogens with two attached hydrogens (primary N) is 1. The minimum Gasteiger partial charge on any atom is -0.438 e. The Labute approximate surface area is 118 Å². The molecule has 0 saturated carbocycles. The van der Waals surface area contributed by atoms with Crippen molar-refractivity contribution in [3.63, 3.8) is 0 Å². The average molecular weight is 304 g/mol. The van der Waals surface area contributed by atoms with Crippen LogP contribution in [0.5, 0.6) is 0 Å². The van der Waals surface area contributed by atoms with Crippen LogP contribution in [0.1, 0.15) is 34.1 Å². The lowest BCUT2D eigenvalue weighted by Gasteiger charge is -2.27. The molecule has 3 nitrogen and oxygen atoms in total. The molecule has 0 heterocycles. The first kappa shape index (κ1) is 18.0. The Bertz CT molecular complexity index is 263. The summed E-state index contributed by atoms with van der Waals surface area (Å²) in [4.78, 5) is 0. The molecule has 18 heavy (non-hydrogen) atoms. The second-order valence-electron chi connectivity index (χ2n) is 5.21. The van der Waals surface area contributed by atoms with E-state index in [1.54, 1.807) is 0 Å². The van der Waals surface area contributed by atoms with Gasteiger partial charge in [0.2, 0.25) is 0 Å². The average Bonchev–Trinajstić information content (AvgIpc) is 2.25. The monoisotopic (exact) mass is 303 g/mol. The number of hydrogen-bond acceptors (Lipinski definition) is 3. The van der Waals surface area contributed by atoms with Crippen LogP contribution in [-0.2, 0) is 8.23 Å². The van der Waals surface area contributed by atoms with Crippen LogP contribution in [-0.4, -0.2) is 34.6 Å². The standard InChI is InChI=1S/C12H29NO2Si3/c1-11(2)9-16-14-18(5,8-6-7-13)15-17-10-12(3)4/h9-10H,6-8,13,16-17H2,1-5H3. The Balaban J connectivity index is 4.32. The molecule has 0 amide bonds. The Morgan fingerprint density at radius 1 is 1.06 bits per heavy atom. The zero-order valence-corrected chi connectivity index (χ0v) is 16.4. The van der Waals surface area contributed by atoms with Crippen molar-refractivity contribution in [2.45, 2.75) is 46.7 Å². The Morgan fingerprint density at radius 2 is 1.50 bits per heavy atom. The van der Waals surface area contributed by atoms with Gasteiger partial charge < -0.3 is 14.0 Å². The van der Waals surface area contributed by atoms with Crippen molar-refractivity contribution < 1.29 is 8.23 Å². The van der Waals surface area contributed by atoms with E-state index < -0.39 is 28.1 Å². The zero-order valence-electron chi connectivity index (χ0n) is 12.6. The van der Waals surface area contributed by atoms with Gasteiger partial charge in [0.1, 0.15) is 0 Å². The summed E-state index contributed by atoms with van der Waals surface area (Å²) < 4.78 is 12.3. The van der Waals surface area contributed by atoms with Crippen LogP contribution in [0.3, 0.4) is 0 Å². The molecule has 0 aliphatic rings. The lowest BCUT2D eigenvalue weighted by atomic mass is 10.4. The van der Waals surface area contributed by atoms with Crippen molar-refractivity contribution in [2.75, 3.05) is 6.54 Å². The van der Waals surface area contributed by atoms with Crippen LogP contribution in [0.2, 0.25) is 12.6 Å². The molecule has 0 saturated heterocycles. The summed E-state index contributed by atoms with van der Waals surface area (Å²) >= 11 is 0. The fourth-order valence-corrected chi connectivity index (χ4v) is 8.62. The van der Waals surface area contributed by atoms with Crippen molar-refractivity contribution in [3.05, 3.63) is 22.5 Å². The van der Waals surface area contributed by atoms with Crippen molar-refractivity contribution >= 4 is 28.1 Å². The van der Waals surface area contributed by atoms with Crippen molar-refractivity contribution in [3.8, 4) is 0 Å². The fourth-order valence-electron chi connectivity index (χ4n) is 1.38.